The number of hydrogen-bond acceptors (Lipinski definition) is 6. The Hall–Kier alpha value is -1.80. The summed E-state index contributed by atoms with van der Waals surface area (Å²) in [6.07, 6.45) is 0. The predicted molar refractivity (Wildman–Crippen MR) is 63.8 cm³/mol. The lowest BCUT2D eigenvalue weighted by Crippen LogP contribution is -2.23. The van der Waals surface area contributed by atoms with Gasteiger partial charge < -0.3 is 5.32 Å². The molecule has 8 heteroatoms. The standard InChI is InChI=1S/C9H11N5O2S/c10-17(15,16)6-5-11-9-12-7-3-1-2-4-8(7)13-14-9/h1-4H,5-6H2,(H2,10,15,16)(H,11,12,14). The molecule has 0 amide bonds. The van der Waals surface area contributed by atoms with Crippen molar-refractivity contribution in [2.75, 3.05) is 17.6 Å². The van der Waals surface area contributed by atoms with Crippen molar-refractivity contribution in [2.24, 2.45) is 5.14 Å². The van der Waals surface area contributed by atoms with Gasteiger partial charge in [-0.1, -0.05) is 12.1 Å². The summed E-state index contributed by atoms with van der Waals surface area (Å²) in [6, 6.07) is 7.27. The van der Waals surface area contributed by atoms with E-state index < -0.39 is 10.0 Å². The van der Waals surface area contributed by atoms with Crippen molar-refractivity contribution in [1.82, 2.24) is 15.2 Å². The number of aromatic nitrogens is 3. The highest BCUT2D eigenvalue weighted by molar-refractivity contribution is 7.89. The van der Waals surface area contributed by atoms with Gasteiger partial charge in [0.15, 0.2) is 0 Å². The topological polar surface area (TPSA) is 111 Å². The van der Waals surface area contributed by atoms with E-state index in [1.54, 1.807) is 12.1 Å². The molecule has 0 radical (unpaired) electrons. The van der Waals surface area contributed by atoms with E-state index in [9.17, 15) is 8.42 Å². The summed E-state index contributed by atoms with van der Waals surface area (Å²) in [4.78, 5) is 4.17. The van der Waals surface area contributed by atoms with E-state index in [0.29, 0.717) is 11.0 Å². The van der Waals surface area contributed by atoms with Crippen LogP contribution in [0.25, 0.3) is 11.0 Å². The molecule has 0 aliphatic rings. The fraction of sp³-hybridized carbons (Fsp3) is 0.222. The predicted octanol–water partition coefficient (Wildman–Crippen LogP) is -0.275. The van der Waals surface area contributed by atoms with Gasteiger partial charge in [0.2, 0.25) is 16.0 Å². The van der Waals surface area contributed by atoms with Crippen LogP contribution in [0.4, 0.5) is 5.95 Å². The van der Waals surface area contributed by atoms with Crippen LogP contribution in [-0.2, 0) is 10.0 Å². The molecule has 1 aromatic carbocycles. The van der Waals surface area contributed by atoms with Gasteiger partial charge in [-0.05, 0) is 12.1 Å². The number of nitrogens with two attached hydrogens (primary N) is 1. The van der Waals surface area contributed by atoms with Crippen LogP contribution in [0.3, 0.4) is 0 Å². The first-order valence-corrected chi connectivity index (χ1v) is 6.60. The molecule has 17 heavy (non-hydrogen) atoms. The number of para-hydroxylation sites is 1. The summed E-state index contributed by atoms with van der Waals surface area (Å²) >= 11 is 0. The smallest absolute Gasteiger partial charge is 0.243 e. The number of fused-ring (bicyclic) bond motifs is 1. The van der Waals surface area contributed by atoms with Gasteiger partial charge in [-0.25, -0.2) is 18.5 Å². The maximum Gasteiger partial charge on any atom is 0.243 e. The van der Waals surface area contributed by atoms with E-state index in [1.807, 2.05) is 12.1 Å². The van der Waals surface area contributed by atoms with Crippen molar-refractivity contribution in [3.8, 4) is 0 Å². The van der Waals surface area contributed by atoms with Crippen molar-refractivity contribution in [3.05, 3.63) is 24.3 Å². The molecule has 0 saturated carbocycles. The van der Waals surface area contributed by atoms with E-state index in [2.05, 4.69) is 20.5 Å². The van der Waals surface area contributed by atoms with E-state index in [4.69, 9.17) is 5.14 Å². The Kier molecular flexibility index (Phi) is 3.16. The molecule has 0 aliphatic carbocycles. The Labute approximate surface area is 98.1 Å². The van der Waals surface area contributed by atoms with Crippen LogP contribution < -0.4 is 10.5 Å². The van der Waals surface area contributed by atoms with Crippen molar-refractivity contribution < 1.29 is 8.42 Å². The van der Waals surface area contributed by atoms with Crippen LogP contribution in [-0.4, -0.2) is 35.9 Å². The molecule has 1 aromatic heterocycles. The fourth-order valence-corrected chi connectivity index (χ4v) is 1.65. The molecular formula is C9H11N5O2S. The van der Waals surface area contributed by atoms with Gasteiger partial charge in [-0.3, -0.25) is 0 Å². The van der Waals surface area contributed by atoms with Gasteiger partial charge in [-0.15, -0.1) is 10.2 Å². The van der Waals surface area contributed by atoms with Crippen LogP contribution in [0.1, 0.15) is 0 Å². The summed E-state index contributed by atoms with van der Waals surface area (Å²) in [5.74, 6) is 0.107. The number of benzene rings is 1. The van der Waals surface area contributed by atoms with Crippen molar-refractivity contribution in [2.45, 2.75) is 0 Å². The van der Waals surface area contributed by atoms with Crippen LogP contribution >= 0.6 is 0 Å². The monoisotopic (exact) mass is 253 g/mol. The number of rotatable bonds is 4. The summed E-state index contributed by atoms with van der Waals surface area (Å²) < 4.78 is 21.4. The molecule has 7 nitrogen and oxygen atoms in total. The van der Waals surface area contributed by atoms with Gasteiger partial charge in [0.25, 0.3) is 0 Å². The second-order valence-corrected chi connectivity index (χ2v) is 5.15. The van der Waals surface area contributed by atoms with E-state index in [1.165, 1.54) is 0 Å². The van der Waals surface area contributed by atoms with Crippen LogP contribution in [0.5, 0.6) is 0 Å². The lowest BCUT2D eigenvalue weighted by molar-refractivity contribution is 0.598. The minimum absolute atomic E-state index is 0.152. The zero-order chi connectivity index (χ0) is 12.3. The molecular weight excluding hydrogens is 242 g/mol. The Balaban J connectivity index is 2.09. The van der Waals surface area contributed by atoms with Crippen molar-refractivity contribution >= 4 is 27.0 Å². The van der Waals surface area contributed by atoms with E-state index in [0.717, 1.165) is 0 Å². The van der Waals surface area contributed by atoms with Gasteiger partial charge in [0.05, 0.1) is 11.3 Å². The van der Waals surface area contributed by atoms with Crippen LogP contribution in [0, 0.1) is 0 Å². The molecule has 0 spiro atoms. The largest absolute Gasteiger partial charge is 0.352 e. The maximum atomic E-state index is 10.7. The summed E-state index contributed by atoms with van der Waals surface area (Å²) in [6.45, 7) is 0.152. The Morgan fingerprint density at radius 2 is 1.88 bits per heavy atom. The lowest BCUT2D eigenvalue weighted by Gasteiger charge is -2.03. The summed E-state index contributed by atoms with van der Waals surface area (Å²) in [5.41, 5.74) is 1.38. The van der Waals surface area contributed by atoms with Gasteiger partial charge in [-0.2, -0.15) is 0 Å². The third-order valence-electron chi connectivity index (χ3n) is 2.03. The molecule has 2 rings (SSSR count). The van der Waals surface area contributed by atoms with Gasteiger partial charge >= 0.3 is 0 Å². The third kappa shape index (κ3) is 3.33. The normalized spacial score (nSPS) is 11.6. The number of hydrogen-bond donors (Lipinski definition) is 2. The summed E-state index contributed by atoms with van der Waals surface area (Å²) in [7, 11) is -3.48. The highest BCUT2D eigenvalue weighted by Crippen LogP contribution is 2.08. The number of nitrogens with zero attached hydrogens (tertiary/aromatic N) is 3. The number of primary sulfonamides is 1. The highest BCUT2D eigenvalue weighted by Gasteiger charge is 2.04. The molecule has 0 saturated heterocycles. The highest BCUT2D eigenvalue weighted by atomic mass is 32.2. The van der Waals surface area contributed by atoms with Crippen LogP contribution in [0.2, 0.25) is 0 Å². The van der Waals surface area contributed by atoms with Crippen molar-refractivity contribution in [1.29, 1.82) is 0 Å². The zero-order valence-corrected chi connectivity index (χ0v) is 9.68. The maximum absolute atomic E-state index is 10.7. The first kappa shape index (κ1) is 11.7. The molecule has 2 aromatic rings. The van der Waals surface area contributed by atoms with Gasteiger partial charge in [0.1, 0.15) is 5.52 Å². The second-order valence-electron chi connectivity index (χ2n) is 3.42. The zero-order valence-electron chi connectivity index (χ0n) is 8.87. The molecule has 0 fully saturated rings. The average molecular weight is 253 g/mol. The third-order valence-corrected chi connectivity index (χ3v) is 2.80. The van der Waals surface area contributed by atoms with Gasteiger partial charge in [0, 0.05) is 6.54 Å². The second kappa shape index (κ2) is 4.60. The number of sulfonamides is 1. The lowest BCUT2D eigenvalue weighted by atomic mass is 10.3. The molecule has 90 valence electrons. The quantitative estimate of drug-likeness (QED) is 0.775. The number of nitrogens with one attached hydrogen (secondary N) is 1. The number of anilines is 1. The Morgan fingerprint density at radius 1 is 1.18 bits per heavy atom. The molecule has 0 unspecified atom stereocenters. The summed E-state index contributed by atoms with van der Waals surface area (Å²) in [5, 5.41) is 15.4. The fourth-order valence-electron chi connectivity index (χ4n) is 1.26. The average Bonchev–Trinajstić information content (AvgIpc) is 2.27. The first-order chi connectivity index (χ1) is 8.04. The Bertz CT molecular complexity index is 628. The minimum atomic E-state index is -3.48. The molecule has 0 aliphatic heterocycles. The van der Waals surface area contributed by atoms with Crippen LogP contribution in [0.15, 0.2) is 24.3 Å². The molecule has 1 heterocycles. The molecule has 0 bridgehead atoms. The van der Waals surface area contributed by atoms with E-state index in [-0.39, 0.29) is 18.2 Å². The van der Waals surface area contributed by atoms with E-state index >= 15 is 0 Å². The molecule has 0 atom stereocenters. The van der Waals surface area contributed by atoms with Crippen molar-refractivity contribution in [3.63, 3.8) is 0 Å². The molecule has 3 N–H and O–H groups in total. The Morgan fingerprint density at radius 3 is 2.59 bits per heavy atom. The first-order valence-electron chi connectivity index (χ1n) is 4.88. The SMILES string of the molecule is NS(=O)(=O)CCNc1nnc2ccccc2n1. The minimum Gasteiger partial charge on any atom is -0.352 e.